The number of hydrogen-bond donors (Lipinski definition) is 2. The first-order chi connectivity index (χ1) is 13.3. The fourth-order valence-electron chi connectivity index (χ4n) is 2.14. The monoisotopic (exact) mass is 436 g/mol. The van der Waals surface area contributed by atoms with Gasteiger partial charge >= 0.3 is 6.18 Å². The molecule has 0 spiro atoms. The van der Waals surface area contributed by atoms with Gasteiger partial charge < -0.3 is 15.2 Å². The van der Waals surface area contributed by atoms with Gasteiger partial charge in [0.2, 0.25) is 0 Å². The molecule has 0 aliphatic carbocycles. The molecule has 0 unspecified atom stereocenters. The van der Waals surface area contributed by atoms with Crippen molar-refractivity contribution in [1.29, 1.82) is 0 Å². The number of carbonyl (C=O) groups excluding carboxylic acids is 1. The summed E-state index contributed by atoms with van der Waals surface area (Å²) in [7, 11) is 0. The van der Waals surface area contributed by atoms with E-state index in [1.165, 1.54) is 6.07 Å². The normalized spacial score (nSPS) is 13.5. The van der Waals surface area contributed by atoms with Crippen LogP contribution in [0.1, 0.15) is 12.5 Å². The summed E-state index contributed by atoms with van der Waals surface area (Å²) in [6.07, 6.45) is -5.04. The number of halogens is 5. The van der Waals surface area contributed by atoms with Crippen LogP contribution in [0.15, 0.2) is 36.4 Å². The van der Waals surface area contributed by atoms with E-state index in [1.54, 1.807) is 0 Å². The lowest BCUT2D eigenvalue weighted by atomic mass is 10.1. The molecule has 156 valence electrons. The van der Waals surface area contributed by atoms with Crippen molar-refractivity contribution in [2.75, 3.05) is 11.9 Å². The average molecular weight is 437 g/mol. The number of nitro benzene ring substituents is 1. The topological polar surface area (TPSA) is 102 Å². The average Bonchev–Trinajstić information content (AvgIpc) is 2.60. The second-order valence-electron chi connectivity index (χ2n) is 6.08. The van der Waals surface area contributed by atoms with Crippen LogP contribution in [0.4, 0.5) is 28.9 Å². The van der Waals surface area contributed by atoms with Gasteiger partial charge in [0.15, 0.2) is 17.2 Å². The zero-order chi connectivity index (χ0) is 22.0. The second kappa shape index (κ2) is 8.21. The maximum atomic E-state index is 13.7. The highest BCUT2D eigenvalue weighted by atomic mass is 35.5. The van der Waals surface area contributed by atoms with Crippen molar-refractivity contribution in [1.82, 2.24) is 0 Å². The zero-order valence-electron chi connectivity index (χ0n) is 14.6. The molecule has 29 heavy (non-hydrogen) atoms. The summed E-state index contributed by atoms with van der Waals surface area (Å²) in [5.41, 5.74) is -5.47. The Labute approximate surface area is 166 Å². The number of amides is 1. The zero-order valence-corrected chi connectivity index (χ0v) is 15.3. The van der Waals surface area contributed by atoms with Crippen molar-refractivity contribution in [3.63, 3.8) is 0 Å². The van der Waals surface area contributed by atoms with Crippen molar-refractivity contribution in [2.45, 2.75) is 18.7 Å². The molecule has 0 heterocycles. The molecule has 0 aromatic heterocycles. The molecule has 2 N–H and O–H groups in total. The van der Waals surface area contributed by atoms with Gasteiger partial charge in [-0.25, -0.2) is 4.39 Å². The highest BCUT2D eigenvalue weighted by molar-refractivity contribution is 6.30. The van der Waals surface area contributed by atoms with Gasteiger partial charge in [-0.2, -0.15) is 13.2 Å². The number of benzene rings is 2. The Bertz CT molecular complexity index is 950. The van der Waals surface area contributed by atoms with Crippen LogP contribution < -0.4 is 10.1 Å². The SMILES string of the molecule is C[C@](O)(COc1ccc(Cl)cc1F)C(=O)Nc1ccc([N+](=O)[O-])c(C(F)(F)F)c1. The first-order valence-electron chi connectivity index (χ1n) is 7.78. The Morgan fingerprint density at radius 3 is 2.48 bits per heavy atom. The van der Waals surface area contributed by atoms with E-state index in [4.69, 9.17) is 16.3 Å². The van der Waals surface area contributed by atoms with Crippen LogP contribution in [0.5, 0.6) is 5.75 Å². The molecule has 0 radical (unpaired) electrons. The largest absolute Gasteiger partial charge is 0.487 e. The summed E-state index contributed by atoms with van der Waals surface area (Å²) in [6.45, 7) is 0.253. The molecule has 0 saturated carbocycles. The van der Waals surface area contributed by atoms with E-state index in [1.807, 2.05) is 5.32 Å². The fraction of sp³-hybridized carbons (Fsp3) is 0.235. The van der Waals surface area contributed by atoms with Crippen molar-refractivity contribution in [3.05, 3.63) is 62.9 Å². The van der Waals surface area contributed by atoms with Crippen molar-refractivity contribution >= 4 is 28.9 Å². The van der Waals surface area contributed by atoms with Gasteiger partial charge in [-0.05, 0) is 37.3 Å². The first-order valence-corrected chi connectivity index (χ1v) is 8.16. The number of ether oxygens (including phenoxy) is 1. The van der Waals surface area contributed by atoms with Crippen LogP contribution in [-0.2, 0) is 11.0 Å². The molecule has 0 bridgehead atoms. The fourth-order valence-corrected chi connectivity index (χ4v) is 2.30. The van der Waals surface area contributed by atoms with Gasteiger partial charge in [-0.3, -0.25) is 14.9 Å². The number of alkyl halides is 3. The van der Waals surface area contributed by atoms with E-state index >= 15 is 0 Å². The van der Waals surface area contributed by atoms with E-state index in [9.17, 15) is 37.6 Å². The van der Waals surface area contributed by atoms with Crippen LogP contribution >= 0.6 is 11.6 Å². The van der Waals surface area contributed by atoms with Crippen LogP contribution in [0.25, 0.3) is 0 Å². The lowest BCUT2D eigenvalue weighted by molar-refractivity contribution is -0.388. The minimum Gasteiger partial charge on any atom is -0.487 e. The third-order valence-corrected chi connectivity index (χ3v) is 3.88. The van der Waals surface area contributed by atoms with E-state index in [0.29, 0.717) is 12.1 Å². The number of rotatable bonds is 6. The molecular formula is C17H13ClF4N2O5. The van der Waals surface area contributed by atoms with E-state index in [-0.39, 0.29) is 10.8 Å². The Balaban J connectivity index is 2.16. The molecule has 1 atom stereocenters. The quantitative estimate of drug-likeness (QED) is 0.402. The van der Waals surface area contributed by atoms with Gasteiger partial charge in [-0.1, -0.05) is 11.6 Å². The lowest BCUT2D eigenvalue weighted by Crippen LogP contribution is -2.45. The Morgan fingerprint density at radius 1 is 1.28 bits per heavy atom. The van der Waals surface area contributed by atoms with Crippen LogP contribution in [0.2, 0.25) is 5.02 Å². The third kappa shape index (κ3) is 5.55. The molecule has 2 aromatic rings. The Kier molecular flexibility index (Phi) is 6.34. The van der Waals surface area contributed by atoms with E-state index in [0.717, 1.165) is 25.1 Å². The third-order valence-electron chi connectivity index (χ3n) is 3.65. The molecule has 0 saturated heterocycles. The first kappa shape index (κ1) is 22.4. The molecule has 0 fully saturated rings. The standard InChI is InChI=1S/C17H13ClF4N2O5/c1-16(26,8-29-14-5-2-9(18)6-12(14)19)15(25)23-10-3-4-13(24(27)28)11(7-10)17(20,21)22/h2-7,26H,8H2,1H3,(H,23,25)/t16-/m0/s1. The van der Waals surface area contributed by atoms with E-state index < -0.39 is 52.0 Å². The molecule has 12 heteroatoms. The van der Waals surface area contributed by atoms with Gasteiger partial charge in [-0.15, -0.1) is 0 Å². The van der Waals surface area contributed by atoms with Crippen LogP contribution in [-0.4, -0.2) is 28.1 Å². The Hall–Kier alpha value is -2.92. The molecular weight excluding hydrogens is 424 g/mol. The highest BCUT2D eigenvalue weighted by Crippen LogP contribution is 2.37. The summed E-state index contributed by atoms with van der Waals surface area (Å²) in [5, 5.41) is 23.1. The molecule has 2 rings (SSSR count). The van der Waals surface area contributed by atoms with Crippen LogP contribution in [0, 0.1) is 15.9 Å². The summed E-state index contributed by atoms with van der Waals surface area (Å²) in [5.74, 6) is -2.33. The number of hydrogen-bond acceptors (Lipinski definition) is 5. The van der Waals surface area contributed by atoms with Crippen molar-refractivity contribution < 1.29 is 37.1 Å². The minimum atomic E-state index is -5.04. The smallest absolute Gasteiger partial charge is 0.423 e. The second-order valence-corrected chi connectivity index (χ2v) is 6.51. The summed E-state index contributed by atoms with van der Waals surface area (Å²) in [4.78, 5) is 21.7. The Morgan fingerprint density at radius 2 is 1.93 bits per heavy atom. The van der Waals surface area contributed by atoms with E-state index in [2.05, 4.69) is 0 Å². The predicted molar refractivity (Wildman–Crippen MR) is 94.3 cm³/mol. The maximum absolute atomic E-state index is 13.7. The van der Waals surface area contributed by atoms with Crippen molar-refractivity contribution in [3.8, 4) is 5.75 Å². The number of nitrogens with zero attached hydrogens (tertiary/aromatic N) is 1. The number of aliphatic hydroxyl groups is 1. The molecule has 0 aliphatic heterocycles. The van der Waals surface area contributed by atoms with Gasteiger partial charge in [0.1, 0.15) is 12.2 Å². The highest BCUT2D eigenvalue weighted by Gasteiger charge is 2.39. The predicted octanol–water partition coefficient (Wildman–Crippen LogP) is 4.17. The molecule has 7 nitrogen and oxygen atoms in total. The number of nitrogens with one attached hydrogen (secondary N) is 1. The summed E-state index contributed by atoms with van der Waals surface area (Å²) < 4.78 is 57.7. The summed E-state index contributed by atoms with van der Waals surface area (Å²) in [6, 6.07) is 5.24. The lowest BCUT2D eigenvalue weighted by Gasteiger charge is -2.23. The maximum Gasteiger partial charge on any atom is 0.423 e. The van der Waals surface area contributed by atoms with Gasteiger partial charge in [0, 0.05) is 16.8 Å². The van der Waals surface area contributed by atoms with Crippen LogP contribution in [0.3, 0.4) is 0 Å². The van der Waals surface area contributed by atoms with Gasteiger partial charge in [0.05, 0.1) is 4.92 Å². The number of anilines is 1. The molecule has 2 aromatic carbocycles. The summed E-state index contributed by atoms with van der Waals surface area (Å²) >= 11 is 5.59. The number of carbonyl (C=O) groups is 1. The van der Waals surface area contributed by atoms with Crippen molar-refractivity contribution in [2.24, 2.45) is 0 Å². The molecule has 0 aliphatic rings. The minimum absolute atomic E-state index is 0.0954. The number of nitro groups is 1. The molecule has 1 amide bonds. The van der Waals surface area contributed by atoms with Gasteiger partial charge in [0.25, 0.3) is 11.6 Å².